The van der Waals surface area contributed by atoms with Crippen LogP contribution in [0.3, 0.4) is 0 Å². The molecule has 1 atom stereocenters. The van der Waals surface area contributed by atoms with E-state index in [1.807, 2.05) is 0 Å². The molecule has 74 valence electrons. The second kappa shape index (κ2) is 4.60. The minimum absolute atomic E-state index is 0.116. The van der Waals surface area contributed by atoms with Gasteiger partial charge in [-0.1, -0.05) is 0 Å². The van der Waals surface area contributed by atoms with Crippen molar-refractivity contribution in [3.05, 3.63) is 0 Å². The van der Waals surface area contributed by atoms with Crippen LogP contribution in [-0.4, -0.2) is 23.4 Å². The summed E-state index contributed by atoms with van der Waals surface area (Å²) in [4.78, 5) is 11.1. The standard InChI is InChI=1S/C8H10F2O2S/c9-7(10)8(13)12-6-4-2-1-3-5(6)11/h6-7H,1-4H2. The molecule has 0 bridgehead atoms. The third-order valence-electron chi connectivity index (χ3n) is 1.94. The lowest BCUT2D eigenvalue weighted by atomic mass is 9.96. The number of carbonyl (C=O) groups excluding carboxylic acids is 1. The second-order valence-electron chi connectivity index (χ2n) is 2.94. The maximum absolute atomic E-state index is 11.9. The van der Waals surface area contributed by atoms with Gasteiger partial charge in [0.2, 0.25) is 5.05 Å². The van der Waals surface area contributed by atoms with E-state index < -0.39 is 17.6 Å². The molecular weight excluding hydrogens is 198 g/mol. The molecule has 1 aliphatic carbocycles. The molecule has 0 saturated heterocycles. The average Bonchev–Trinajstić information content (AvgIpc) is 2.08. The Morgan fingerprint density at radius 2 is 2.23 bits per heavy atom. The lowest BCUT2D eigenvalue weighted by molar-refractivity contribution is -0.128. The molecule has 2 nitrogen and oxygen atoms in total. The minimum atomic E-state index is -2.77. The highest BCUT2D eigenvalue weighted by atomic mass is 32.1. The van der Waals surface area contributed by atoms with Gasteiger partial charge in [0.1, 0.15) is 0 Å². The number of ketones is 1. The van der Waals surface area contributed by atoms with Crippen molar-refractivity contribution in [2.45, 2.75) is 38.2 Å². The van der Waals surface area contributed by atoms with E-state index in [2.05, 4.69) is 12.2 Å². The van der Waals surface area contributed by atoms with Gasteiger partial charge in [0.25, 0.3) is 0 Å². The van der Waals surface area contributed by atoms with Gasteiger partial charge < -0.3 is 4.74 Å². The summed E-state index contributed by atoms with van der Waals surface area (Å²) in [6, 6.07) is 0. The van der Waals surface area contributed by atoms with Crippen molar-refractivity contribution in [2.75, 3.05) is 0 Å². The SMILES string of the molecule is O=C1CCCCC1OC(=S)C(F)F. The number of Topliss-reactive ketones (excluding diaryl/α,β-unsaturated/α-hetero) is 1. The van der Waals surface area contributed by atoms with Gasteiger partial charge in [-0.3, -0.25) is 4.79 Å². The van der Waals surface area contributed by atoms with Crippen LogP contribution in [0.2, 0.25) is 0 Å². The van der Waals surface area contributed by atoms with Crippen LogP contribution < -0.4 is 0 Å². The fourth-order valence-electron chi connectivity index (χ4n) is 1.27. The van der Waals surface area contributed by atoms with Crippen LogP contribution in [0.25, 0.3) is 0 Å². The molecule has 13 heavy (non-hydrogen) atoms. The van der Waals surface area contributed by atoms with E-state index in [0.717, 1.165) is 12.8 Å². The van der Waals surface area contributed by atoms with E-state index in [9.17, 15) is 13.6 Å². The fraction of sp³-hybridized carbons (Fsp3) is 0.750. The molecule has 5 heteroatoms. The zero-order valence-electron chi connectivity index (χ0n) is 6.96. The Hall–Kier alpha value is -0.580. The summed E-state index contributed by atoms with van der Waals surface area (Å²) in [7, 11) is 0. The van der Waals surface area contributed by atoms with Crippen molar-refractivity contribution in [1.29, 1.82) is 0 Å². The van der Waals surface area contributed by atoms with Gasteiger partial charge in [-0.2, -0.15) is 0 Å². The fourth-order valence-corrected chi connectivity index (χ4v) is 1.38. The second-order valence-corrected chi connectivity index (χ2v) is 3.34. The number of hydrogen-bond donors (Lipinski definition) is 0. The summed E-state index contributed by atoms with van der Waals surface area (Å²) in [5.41, 5.74) is 0. The smallest absolute Gasteiger partial charge is 0.305 e. The number of hydrogen-bond acceptors (Lipinski definition) is 3. The summed E-state index contributed by atoms with van der Waals surface area (Å²) >= 11 is 4.29. The van der Waals surface area contributed by atoms with Crippen molar-refractivity contribution in [2.24, 2.45) is 0 Å². The van der Waals surface area contributed by atoms with E-state index in [-0.39, 0.29) is 5.78 Å². The minimum Gasteiger partial charge on any atom is -0.471 e. The first-order valence-corrected chi connectivity index (χ1v) is 4.53. The van der Waals surface area contributed by atoms with Gasteiger partial charge >= 0.3 is 6.43 Å². The molecule has 0 amide bonds. The maximum atomic E-state index is 11.9. The molecule has 0 aliphatic heterocycles. The highest BCUT2D eigenvalue weighted by Crippen LogP contribution is 2.18. The molecule has 1 aliphatic rings. The number of thiocarbonyl (C=S) groups is 1. The first kappa shape index (κ1) is 10.5. The van der Waals surface area contributed by atoms with Crippen LogP contribution in [-0.2, 0) is 9.53 Å². The van der Waals surface area contributed by atoms with Gasteiger partial charge in [0, 0.05) is 6.42 Å². The van der Waals surface area contributed by atoms with Crippen molar-refractivity contribution in [3.8, 4) is 0 Å². The average molecular weight is 208 g/mol. The van der Waals surface area contributed by atoms with Crippen LogP contribution in [0, 0.1) is 0 Å². The van der Waals surface area contributed by atoms with Gasteiger partial charge in [-0.05, 0) is 31.5 Å². The van der Waals surface area contributed by atoms with E-state index in [1.165, 1.54) is 0 Å². The number of alkyl halides is 2. The van der Waals surface area contributed by atoms with Crippen molar-refractivity contribution in [3.63, 3.8) is 0 Å². The topological polar surface area (TPSA) is 26.3 Å². The molecule has 1 saturated carbocycles. The van der Waals surface area contributed by atoms with Crippen molar-refractivity contribution >= 4 is 23.1 Å². The third kappa shape index (κ3) is 2.99. The highest BCUT2D eigenvalue weighted by Gasteiger charge is 2.26. The lowest BCUT2D eigenvalue weighted by Gasteiger charge is -2.21. The van der Waals surface area contributed by atoms with Crippen LogP contribution in [0.15, 0.2) is 0 Å². The molecule has 1 unspecified atom stereocenters. The molecule has 1 rings (SSSR count). The largest absolute Gasteiger partial charge is 0.471 e. The van der Waals surface area contributed by atoms with E-state index in [1.54, 1.807) is 0 Å². The van der Waals surface area contributed by atoms with Crippen molar-refractivity contribution in [1.82, 2.24) is 0 Å². The molecular formula is C8H10F2O2S. The monoisotopic (exact) mass is 208 g/mol. The summed E-state index contributed by atoms with van der Waals surface area (Å²) < 4.78 is 28.6. The van der Waals surface area contributed by atoms with Gasteiger partial charge in [-0.25, -0.2) is 8.78 Å². The normalized spacial score (nSPS) is 23.3. The predicted molar refractivity (Wildman–Crippen MR) is 47.0 cm³/mol. The molecule has 0 aromatic rings. The van der Waals surface area contributed by atoms with Crippen LogP contribution in [0.5, 0.6) is 0 Å². The molecule has 0 N–H and O–H groups in total. The Kier molecular flexibility index (Phi) is 3.71. The van der Waals surface area contributed by atoms with Crippen LogP contribution in [0.1, 0.15) is 25.7 Å². The van der Waals surface area contributed by atoms with Gasteiger partial charge in [0.05, 0.1) is 0 Å². The van der Waals surface area contributed by atoms with Gasteiger partial charge in [-0.15, -0.1) is 0 Å². The molecule has 0 aromatic heterocycles. The van der Waals surface area contributed by atoms with Crippen molar-refractivity contribution < 1.29 is 18.3 Å². The first-order valence-electron chi connectivity index (χ1n) is 4.12. The molecule has 0 radical (unpaired) electrons. The lowest BCUT2D eigenvalue weighted by Crippen LogP contribution is -2.31. The van der Waals surface area contributed by atoms with E-state index in [4.69, 9.17) is 4.74 Å². The Balaban J connectivity index is 2.43. The van der Waals surface area contributed by atoms with E-state index >= 15 is 0 Å². The Morgan fingerprint density at radius 1 is 1.54 bits per heavy atom. The zero-order chi connectivity index (χ0) is 9.84. The molecule has 1 fully saturated rings. The molecule has 0 spiro atoms. The number of ether oxygens (including phenoxy) is 1. The Labute approximate surface area is 80.3 Å². The van der Waals surface area contributed by atoms with Gasteiger partial charge in [0.15, 0.2) is 11.9 Å². The third-order valence-corrected chi connectivity index (χ3v) is 2.21. The van der Waals surface area contributed by atoms with E-state index in [0.29, 0.717) is 12.8 Å². The summed E-state index contributed by atoms with van der Waals surface area (Å²) in [5, 5.41) is -0.764. The quantitative estimate of drug-likeness (QED) is 0.650. The number of carbonyl (C=O) groups is 1. The summed E-state index contributed by atoms with van der Waals surface area (Å²) in [5.74, 6) is -0.116. The number of halogens is 2. The molecule has 0 heterocycles. The summed E-state index contributed by atoms with van der Waals surface area (Å²) in [6.45, 7) is 0. The molecule has 0 aromatic carbocycles. The highest BCUT2D eigenvalue weighted by molar-refractivity contribution is 7.80. The Morgan fingerprint density at radius 3 is 2.77 bits per heavy atom. The Bertz CT molecular complexity index is 218. The predicted octanol–water partition coefficient (Wildman–Crippen LogP) is 2.11. The number of rotatable bonds is 2. The zero-order valence-corrected chi connectivity index (χ0v) is 7.78. The maximum Gasteiger partial charge on any atom is 0.305 e. The summed E-state index contributed by atoms with van der Waals surface area (Å²) in [6.07, 6.45) is -0.926. The van der Waals surface area contributed by atoms with Crippen LogP contribution >= 0.6 is 12.2 Å². The first-order chi connectivity index (χ1) is 6.11. The van der Waals surface area contributed by atoms with Crippen LogP contribution in [0.4, 0.5) is 8.78 Å².